The van der Waals surface area contributed by atoms with E-state index in [1.165, 1.54) is 5.56 Å². The number of ether oxygens (including phenoxy) is 1. The van der Waals surface area contributed by atoms with E-state index in [1.54, 1.807) is 7.11 Å². The molecule has 13 heavy (non-hydrogen) atoms. The largest absolute Gasteiger partial charge is 0.481 e. The molecule has 0 atom stereocenters. The van der Waals surface area contributed by atoms with Crippen LogP contribution in [0.4, 0.5) is 0 Å². The molecule has 0 bridgehead atoms. The molecule has 1 heterocycles. The quantitative estimate of drug-likeness (QED) is 0.661. The molecular formula is C11H17NO. The van der Waals surface area contributed by atoms with Crippen molar-refractivity contribution >= 4 is 0 Å². The third-order valence-electron chi connectivity index (χ3n) is 2.08. The van der Waals surface area contributed by atoms with Gasteiger partial charge in [-0.1, -0.05) is 26.8 Å². The highest BCUT2D eigenvalue weighted by atomic mass is 16.5. The number of methoxy groups -OCH3 is 1. The van der Waals surface area contributed by atoms with Gasteiger partial charge in [-0.25, -0.2) is 4.98 Å². The van der Waals surface area contributed by atoms with Crippen molar-refractivity contribution in [3.63, 3.8) is 0 Å². The summed E-state index contributed by atoms with van der Waals surface area (Å²) in [4.78, 5) is 4.34. The molecule has 2 heteroatoms. The molecule has 0 fully saturated rings. The van der Waals surface area contributed by atoms with Crippen molar-refractivity contribution in [2.75, 3.05) is 7.11 Å². The average Bonchev–Trinajstić information content (AvgIpc) is 2.01. The van der Waals surface area contributed by atoms with Gasteiger partial charge in [-0.05, 0) is 17.9 Å². The molecule has 0 saturated carbocycles. The number of hydrogen-bond donors (Lipinski definition) is 0. The minimum atomic E-state index is 0.156. The van der Waals surface area contributed by atoms with Crippen LogP contribution in [-0.4, -0.2) is 12.1 Å². The Bertz CT molecular complexity index is 299. The lowest BCUT2D eigenvalue weighted by atomic mass is 9.86. The van der Waals surface area contributed by atoms with Crippen molar-refractivity contribution < 1.29 is 4.74 Å². The van der Waals surface area contributed by atoms with Crippen LogP contribution in [0.2, 0.25) is 0 Å². The van der Waals surface area contributed by atoms with Crippen LogP contribution in [0.5, 0.6) is 5.88 Å². The highest BCUT2D eigenvalue weighted by Gasteiger charge is 2.16. The van der Waals surface area contributed by atoms with Crippen molar-refractivity contribution in [3.8, 4) is 5.88 Å². The first-order valence-corrected chi connectivity index (χ1v) is 4.47. The molecule has 72 valence electrons. The van der Waals surface area contributed by atoms with Crippen LogP contribution in [0.1, 0.15) is 32.0 Å². The van der Waals surface area contributed by atoms with E-state index in [1.807, 2.05) is 13.0 Å². The maximum atomic E-state index is 5.05. The van der Waals surface area contributed by atoms with Gasteiger partial charge in [0.2, 0.25) is 5.88 Å². The van der Waals surface area contributed by atoms with Crippen molar-refractivity contribution in [1.29, 1.82) is 0 Å². The average molecular weight is 179 g/mol. The van der Waals surface area contributed by atoms with E-state index in [9.17, 15) is 0 Å². The fourth-order valence-electron chi connectivity index (χ4n) is 1.44. The fraction of sp³-hybridized carbons (Fsp3) is 0.545. The molecule has 0 amide bonds. The predicted molar refractivity (Wildman–Crippen MR) is 54.2 cm³/mol. The number of hydrogen-bond acceptors (Lipinski definition) is 2. The van der Waals surface area contributed by atoms with Gasteiger partial charge in [0.25, 0.3) is 0 Å². The SMILES string of the molecule is COc1ccc(C(C)(C)C)c(C)n1. The molecule has 2 nitrogen and oxygen atoms in total. The summed E-state index contributed by atoms with van der Waals surface area (Å²) >= 11 is 0. The van der Waals surface area contributed by atoms with E-state index >= 15 is 0 Å². The summed E-state index contributed by atoms with van der Waals surface area (Å²) in [6.07, 6.45) is 0. The summed E-state index contributed by atoms with van der Waals surface area (Å²) in [6, 6.07) is 3.99. The minimum Gasteiger partial charge on any atom is -0.481 e. The molecule has 1 aromatic rings. The van der Waals surface area contributed by atoms with Crippen molar-refractivity contribution in [2.24, 2.45) is 0 Å². The van der Waals surface area contributed by atoms with Crippen LogP contribution in [-0.2, 0) is 5.41 Å². The number of aryl methyl sites for hydroxylation is 1. The zero-order valence-electron chi connectivity index (χ0n) is 9.01. The first kappa shape index (κ1) is 10.0. The van der Waals surface area contributed by atoms with Crippen molar-refractivity contribution in [1.82, 2.24) is 4.98 Å². The Morgan fingerprint density at radius 3 is 2.23 bits per heavy atom. The zero-order chi connectivity index (χ0) is 10.1. The Hall–Kier alpha value is -1.05. The van der Waals surface area contributed by atoms with Crippen LogP contribution in [0.25, 0.3) is 0 Å². The minimum absolute atomic E-state index is 0.156. The molecule has 1 aromatic heterocycles. The monoisotopic (exact) mass is 179 g/mol. The number of nitrogens with zero attached hydrogens (tertiary/aromatic N) is 1. The molecular weight excluding hydrogens is 162 g/mol. The number of aromatic nitrogens is 1. The molecule has 0 aliphatic heterocycles. The molecule has 0 aromatic carbocycles. The molecule has 0 unspecified atom stereocenters. The second-order valence-electron chi connectivity index (χ2n) is 4.24. The lowest BCUT2D eigenvalue weighted by Crippen LogP contribution is -2.13. The predicted octanol–water partition coefficient (Wildman–Crippen LogP) is 2.70. The highest BCUT2D eigenvalue weighted by Crippen LogP contribution is 2.25. The van der Waals surface area contributed by atoms with E-state index in [0.29, 0.717) is 5.88 Å². The first-order chi connectivity index (χ1) is 5.95. The van der Waals surface area contributed by atoms with Gasteiger partial charge in [0.1, 0.15) is 0 Å². The summed E-state index contributed by atoms with van der Waals surface area (Å²) < 4.78 is 5.05. The molecule has 0 N–H and O–H groups in total. The number of pyridine rings is 1. The standard InChI is InChI=1S/C11H17NO/c1-8-9(11(2,3)4)6-7-10(12-8)13-5/h6-7H,1-5H3. The van der Waals surface area contributed by atoms with E-state index in [-0.39, 0.29) is 5.41 Å². The van der Waals surface area contributed by atoms with Gasteiger partial charge in [0, 0.05) is 11.8 Å². The molecule has 0 saturated heterocycles. The van der Waals surface area contributed by atoms with E-state index in [2.05, 4.69) is 31.8 Å². The van der Waals surface area contributed by atoms with Gasteiger partial charge >= 0.3 is 0 Å². The third-order valence-corrected chi connectivity index (χ3v) is 2.08. The molecule has 1 rings (SSSR count). The summed E-state index contributed by atoms with van der Waals surface area (Å²) in [5.74, 6) is 0.686. The Balaban J connectivity index is 3.13. The first-order valence-electron chi connectivity index (χ1n) is 4.47. The van der Waals surface area contributed by atoms with Crippen molar-refractivity contribution in [3.05, 3.63) is 23.4 Å². The van der Waals surface area contributed by atoms with Gasteiger partial charge in [0.05, 0.1) is 7.11 Å². The summed E-state index contributed by atoms with van der Waals surface area (Å²) in [6.45, 7) is 8.57. The zero-order valence-corrected chi connectivity index (χ0v) is 9.01. The maximum Gasteiger partial charge on any atom is 0.213 e. The van der Waals surface area contributed by atoms with Crippen LogP contribution < -0.4 is 4.74 Å². The molecule has 0 aliphatic carbocycles. The second-order valence-corrected chi connectivity index (χ2v) is 4.24. The lowest BCUT2D eigenvalue weighted by Gasteiger charge is -2.20. The fourth-order valence-corrected chi connectivity index (χ4v) is 1.44. The number of rotatable bonds is 1. The maximum absolute atomic E-state index is 5.05. The summed E-state index contributed by atoms with van der Waals surface area (Å²) in [5.41, 5.74) is 2.48. The highest BCUT2D eigenvalue weighted by molar-refractivity contribution is 5.30. The topological polar surface area (TPSA) is 22.1 Å². The van der Waals surface area contributed by atoms with E-state index < -0.39 is 0 Å². The third kappa shape index (κ3) is 2.20. The molecule has 0 spiro atoms. The van der Waals surface area contributed by atoms with Gasteiger partial charge in [-0.2, -0.15) is 0 Å². The Kier molecular flexibility index (Phi) is 2.60. The second kappa shape index (κ2) is 3.36. The van der Waals surface area contributed by atoms with E-state index in [0.717, 1.165) is 5.69 Å². The van der Waals surface area contributed by atoms with Crippen LogP contribution >= 0.6 is 0 Å². The van der Waals surface area contributed by atoms with Gasteiger partial charge < -0.3 is 4.74 Å². The summed E-state index contributed by atoms with van der Waals surface area (Å²) in [7, 11) is 1.64. The van der Waals surface area contributed by atoms with Crippen LogP contribution in [0.15, 0.2) is 12.1 Å². The lowest BCUT2D eigenvalue weighted by molar-refractivity contribution is 0.395. The molecule has 0 aliphatic rings. The van der Waals surface area contributed by atoms with E-state index in [4.69, 9.17) is 4.74 Å². The Labute approximate surface area is 80.0 Å². The van der Waals surface area contributed by atoms with Crippen LogP contribution in [0.3, 0.4) is 0 Å². The summed E-state index contributed by atoms with van der Waals surface area (Å²) in [5, 5.41) is 0. The van der Waals surface area contributed by atoms with Gasteiger partial charge in [0.15, 0.2) is 0 Å². The van der Waals surface area contributed by atoms with Crippen LogP contribution in [0, 0.1) is 6.92 Å². The van der Waals surface area contributed by atoms with Gasteiger partial charge in [-0.3, -0.25) is 0 Å². The Morgan fingerprint density at radius 2 is 1.85 bits per heavy atom. The van der Waals surface area contributed by atoms with Gasteiger partial charge in [-0.15, -0.1) is 0 Å². The van der Waals surface area contributed by atoms with Crippen molar-refractivity contribution in [2.45, 2.75) is 33.1 Å². The molecule has 0 radical (unpaired) electrons. The normalized spacial score (nSPS) is 11.5. The smallest absolute Gasteiger partial charge is 0.213 e. The Morgan fingerprint density at radius 1 is 1.23 bits per heavy atom.